The third kappa shape index (κ3) is 2.94. The lowest BCUT2D eigenvalue weighted by atomic mass is 9.77. The van der Waals surface area contributed by atoms with Crippen LogP contribution in [0.3, 0.4) is 0 Å². The fourth-order valence-electron chi connectivity index (χ4n) is 2.22. The molecule has 0 unspecified atom stereocenters. The van der Waals surface area contributed by atoms with Crippen LogP contribution in [0.25, 0.3) is 0 Å². The number of rotatable bonds is 3. The van der Waals surface area contributed by atoms with Crippen LogP contribution < -0.4 is 0 Å². The van der Waals surface area contributed by atoms with Crippen LogP contribution in [0.1, 0.15) is 44.9 Å². The van der Waals surface area contributed by atoms with Crippen LogP contribution in [0.4, 0.5) is 0 Å². The van der Waals surface area contributed by atoms with Gasteiger partial charge in [0.1, 0.15) is 0 Å². The van der Waals surface area contributed by atoms with Crippen molar-refractivity contribution in [2.45, 2.75) is 44.9 Å². The van der Waals surface area contributed by atoms with Gasteiger partial charge in [0.05, 0.1) is 18.9 Å². The first kappa shape index (κ1) is 12.0. The Bertz CT molecular complexity index is 239. The van der Waals surface area contributed by atoms with Gasteiger partial charge in [0, 0.05) is 0 Å². The molecule has 1 saturated carbocycles. The van der Waals surface area contributed by atoms with Gasteiger partial charge in [-0.1, -0.05) is 25.7 Å². The van der Waals surface area contributed by atoms with E-state index >= 15 is 0 Å². The van der Waals surface area contributed by atoms with Crippen molar-refractivity contribution in [2.75, 3.05) is 7.11 Å². The molecule has 1 aliphatic rings. The van der Waals surface area contributed by atoms with Gasteiger partial charge in [-0.2, -0.15) is 0 Å². The van der Waals surface area contributed by atoms with E-state index in [-0.39, 0.29) is 6.42 Å². The van der Waals surface area contributed by atoms with Crippen LogP contribution >= 0.6 is 0 Å². The molecule has 0 atom stereocenters. The van der Waals surface area contributed by atoms with Crippen LogP contribution in [0, 0.1) is 5.41 Å². The van der Waals surface area contributed by atoms with Gasteiger partial charge in [0.25, 0.3) is 0 Å². The van der Waals surface area contributed by atoms with E-state index in [0.717, 1.165) is 25.7 Å². The SMILES string of the molecule is COC(=O)CC1(C(=O)O)CCCCCC1. The highest BCUT2D eigenvalue weighted by atomic mass is 16.5. The molecule has 0 saturated heterocycles. The number of esters is 1. The molecular weight excluding hydrogens is 196 g/mol. The number of hydrogen-bond donors (Lipinski definition) is 1. The van der Waals surface area contributed by atoms with Crippen LogP contribution in [0.2, 0.25) is 0 Å². The number of carboxylic acids is 1. The maximum Gasteiger partial charge on any atom is 0.310 e. The predicted octanol–water partition coefficient (Wildman–Crippen LogP) is 1.97. The Labute approximate surface area is 89.6 Å². The third-order valence-electron chi connectivity index (χ3n) is 3.22. The highest BCUT2D eigenvalue weighted by molar-refractivity contribution is 5.82. The summed E-state index contributed by atoms with van der Waals surface area (Å²) in [5.41, 5.74) is -0.871. The van der Waals surface area contributed by atoms with Crippen LogP contribution in [0.5, 0.6) is 0 Å². The number of carbonyl (C=O) groups excluding carboxylic acids is 1. The van der Waals surface area contributed by atoms with Gasteiger partial charge in [-0.25, -0.2) is 0 Å². The first-order chi connectivity index (χ1) is 7.10. The first-order valence-electron chi connectivity index (χ1n) is 5.41. The van der Waals surface area contributed by atoms with Crippen LogP contribution in [-0.2, 0) is 14.3 Å². The number of hydrogen-bond acceptors (Lipinski definition) is 3. The van der Waals surface area contributed by atoms with Crippen molar-refractivity contribution < 1.29 is 19.4 Å². The van der Waals surface area contributed by atoms with E-state index in [1.807, 2.05) is 0 Å². The monoisotopic (exact) mass is 214 g/mol. The van der Waals surface area contributed by atoms with Gasteiger partial charge in [0.2, 0.25) is 0 Å². The smallest absolute Gasteiger partial charge is 0.310 e. The summed E-state index contributed by atoms with van der Waals surface area (Å²) in [7, 11) is 1.30. The van der Waals surface area contributed by atoms with Crippen molar-refractivity contribution in [3.8, 4) is 0 Å². The molecule has 1 rings (SSSR count). The summed E-state index contributed by atoms with van der Waals surface area (Å²) in [5.74, 6) is -1.27. The van der Waals surface area contributed by atoms with Crippen molar-refractivity contribution in [2.24, 2.45) is 5.41 Å². The lowest BCUT2D eigenvalue weighted by Gasteiger charge is -2.26. The average molecular weight is 214 g/mol. The van der Waals surface area contributed by atoms with Crippen molar-refractivity contribution in [1.82, 2.24) is 0 Å². The van der Waals surface area contributed by atoms with E-state index in [4.69, 9.17) is 0 Å². The largest absolute Gasteiger partial charge is 0.481 e. The summed E-state index contributed by atoms with van der Waals surface area (Å²) < 4.78 is 4.57. The molecule has 0 heterocycles. The lowest BCUT2D eigenvalue weighted by molar-refractivity contribution is -0.158. The quantitative estimate of drug-likeness (QED) is 0.576. The average Bonchev–Trinajstić information content (AvgIpc) is 2.44. The Morgan fingerprint density at radius 3 is 2.13 bits per heavy atom. The van der Waals surface area contributed by atoms with Crippen molar-refractivity contribution >= 4 is 11.9 Å². The Kier molecular flexibility index (Phi) is 4.12. The van der Waals surface area contributed by atoms with E-state index in [1.165, 1.54) is 7.11 Å². The molecule has 4 nitrogen and oxygen atoms in total. The molecule has 15 heavy (non-hydrogen) atoms. The van der Waals surface area contributed by atoms with Gasteiger partial charge in [-0.15, -0.1) is 0 Å². The second kappa shape index (κ2) is 5.14. The van der Waals surface area contributed by atoms with Crippen molar-refractivity contribution in [3.05, 3.63) is 0 Å². The van der Waals surface area contributed by atoms with Gasteiger partial charge in [-0.3, -0.25) is 9.59 Å². The van der Waals surface area contributed by atoms with Crippen molar-refractivity contribution in [1.29, 1.82) is 0 Å². The summed E-state index contributed by atoms with van der Waals surface area (Å²) >= 11 is 0. The Balaban J connectivity index is 2.75. The number of ether oxygens (including phenoxy) is 1. The van der Waals surface area contributed by atoms with E-state index in [2.05, 4.69) is 4.74 Å². The molecule has 1 fully saturated rings. The summed E-state index contributed by atoms with van der Waals surface area (Å²) in [5, 5.41) is 9.25. The van der Waals surface area contributed by atoms with Gasteiger partial charge >= 0.3 is 11.9 Å². The molecule has 0 aromatic carbocycles. The molecule has 0 amide bonds. The zero-order valence-electron chi connectivity index (χ0n) is 9.12. The highest BCUT2D eigenvalue weighted by Crippen LogP contribution is 2.38. The normalized spacial score (nSPS) is 20.3. The van der Waals surface area contributed by atoms with E-state index in [0.29, 0.717) is 12.8 Å². The number of aliphatic carboxylic acids is 1. The van der Waals surface area contributed by atoms with Gasteiger partial charge in [0.15, 0.2) is 0 Å². The molecule has 0 spiro atoms. The first-order valence-corrected chi connectivity index (χ1v) is 5.41. The number of carbonyl (C=O) groups is 2. The maximum atomic E-state index is 11.3. The number of carboxylic acid groups (broad SMARTS) is 1. The second-order valence-electron chi connectivity index (χ2n) is 4.25. The lowest BCUT2D eigenvalue weighted by Crippen LogP contribution is -2.33. The van der Waals surface area contributed by atoms with E-state index in [9.17, 15) is 14.7 Å². The Morgan fingerprint density at radius 1 is 1.20 bits per heavy atom. The highest BCUT2D eigenvalue weighted by Gasteiger charge is 2.40. The molecule has 0 aromatic heterocycles. The second-order valence-corrected chi connectivity index (χ2v) is 4.25. The maximum absolute atomic E-state index is 11.3. The van der Waals surface area contributed by atoms with Gasteiger partial charge < -0.3 is 9.84 Å². The molecule has 0 aromatic rings. The number of methoxy groups -OCH3 is 1. The van der Waals surface area contributed by atoms with Gasteiger partial charge in [-0.05, 0) is 12.8 Å². The molecule has 1 aliphatic carbocycles. The molecule has 86 valence electrons. The zero-order chi connectivity index (χ0) is 11.3. The Morgan fingerprint density at radius 2 is 1.73 bits per heavy atom. The standard InChI is InChI=1S/C11H18O4/c1-15-9(12)8-11(10(13)14)6-4-2-3-5-7-11/h2-8H2,1H3,(H,13,14). The molecular formula is C11H18O4. The third-order valence-corrected chi connectivity index (χ3v) is 3.22. The minimum Gasteiger partial charge on any atom is -0.481 e. The summed E-state index contributed by atoms with van der Waals surface area (Å²) in [6.45, 7) is 0. The minimum absolute atomic E-state index is 0.0127. The zero-order valence-corrected chi connectivity index (χ0v) is 9.12. The minimum atomic E-state index is -0.871. The van der Waals surface area contributed by atoms with Crippen LogP contribution in [0.15, 0.2) is 0 Å². The Hall–Kier alpha value is -1.06. The predicted molar refractivity (Wildman–Crippen MR) is 54.4 cm³/mol. The van der Waals surface area contributed by atoms with E-state index < -0.39 is 17.4 Å². The van der Waals surface area contributed by atoms with Crippen molar-refractivity contribution in [3.63, 3.8) is 0 Å². The molecule has 0 bridgehead atoms. The summed E-state index contributed by atoms with van der Waals surface area (Å²) in [6, 6.07) is 0. The summed E-state index contributed by atoms with van der Waals surface area (Å²) in [6.07, 6.45) is 5.12. The fraction of sp³-hybridized carbons (Fsp3) is 0.818. The molecule has 4 heteroatoms. The topological polar surface area (TPSA) is 63.6 Å². The van der Waals surface area contributed by atoms with E-state index in [1.54, 1.807) is 0 Å². The fourth-order valence-corrected chi connectivity index (χ4v) is 2.22. The molecule has 0 radical (unpaired) electrons. The summed E-state index contributed by atoms with van der Waals surface area (Å²) in [4.78, 5) is 22.5. The van der Waals surface area contributed by atoms with Crippen LogP contribution in [-0.4, -0.2) is 24.2 Å². The molecule has 0 aliphatic heterocycles. The molecule has 1 N–H and O–H groups in total.